The van der Waals surface area contributed by atoms with E-state index >= 15 is 0 Å². The van der Waals surface area contributed by atoms with E-state index in [1.165, 1.54) is 0 Å². The van der Waals surface area contributed by atoms with Crippen molar-refractivity contribution in [2.45, 2.75) is 13.8 Å². The van der Waals surface area contributed by atoms with Crippen LogP contribution >= 0.6 is 11.6 Å². The van der Waals surface area contributed by atoms with Gasteiger partial charge >= 0.3 is 0 Å². The molecule has 2 aromatic rings. The Bertz CT molecular complexity index is 555. The fourth-order valence-corrected chi connectivity index (χ4v) is 1.75. The van der Waals surface area contributed by atoms with Gasteiger partial charge in [0.15, 0.2) is 0 Å². The molecule has 1 heterocycles. The van der Waals surface area contributed by atoms with Gasteiger partial charge in [0.1, 0.15) is 0 Å². The average Bonchev–Trinajstić information content (AvgIpc) is 2.32. The smallest absolute Gasteiger partial charge is 0.232 e. The molecule has 0 amide bonds. The molecule has 0 N–H and O–H groups in total. The minimum absolute atomic E-state index is 0.525. The molecule has 0 aliphatic rings. The van der Waals surface area contributed by atoms with Crippen LogP contribution in [0.5, 0.6) is 5.88 Å². The molecule has 1 aromatic carbocycles. The van der Waals surface area contributed by atoms with Gasteiger partial charge in [-0.3, -0.25) is 0 Å². The Balaban J connectivity index is 2.49. The summed E-state index contributed by atoms with van der Waals surface area (Å²) in [6.45, 7) is 3.88. The number of aromatic nitrogens is 2. The van der Waals surface area contributed by atoms with E-state index in [1.54, 1.807) is 13.3 Å². The minimum atomic E-state index is 0.525. The number of aryl methyl sites for hydroxylation is 2. The summed E-state index contributed by atoms with van der Waals surface area (Å²) < 4.78 is 5.03. The molecule has 0 radical (unpaired) electrons. The van der Waals surface area contributed by atoms with Crippen LogP contribution in [0.4, 0.5) is 0 Å². The molecule has 0 bridgehead atoms. The number of hydrogen-bond acceptors (Lipinski definition) is 3. The van der Waals surface area contributed by atoms with E-state index in [-0.39, 0.29) is 0 Å². The Morgan fingerprint density at radius 2 is 2.00 bits per heavy atom. The molecule has 3 nitrogen and oxygen atoms in total. The molecule has 0 saturated heterocycles. The Morgan fingerprint density at radius 1 is 1.24 bits per heavy atom. The average molecular weight is 249 g/mol. The van der Waals surface area contributed by atoms with Gasteiger partial charge in [0, 0.05) is 10.6 Å². The van der Waals surface area contributed by atoms with E-state index in [0.29, 0.717) is 5.88 Å². The second kappa shape index (κ2) is 4.72. The van der Waals surface area contributed by atoms with Gasteiger partial charge in [0.25, 0.3) is 0 Å². The molecule has 0 aliphatic heterocycles. The van der Waals surface area contributed by atoms with Crippen molar-refractivity contribution < 1.29 is 4.74 Å². The maximum Gasteiger partial charge on any atom is 0.232 e. The third-order valence-electron chi connectivity index (χ3n) is 2.57. The standard InChI is InChI=1S/C13H13ClN2O/c1-8-6-10(4-5-11(8)14)13-9(2)16-12(17-3)7-15-13/h4-7H,1-3H3. The molecule has 0 unspecified atom stereocenters. The van der Waals surface area contributed by atoms with Crippen LogP contribution in [-0.2, 0) is 0 Å². The molecule has 0 aliphatic carbocycles. The highest BCUT2D eigenvalue weighted by atomic mass is 35.5. The van der Waals surface area contributed by atoms with Gasteiger partial charge in [-0.2, -0.15) is 0 Å². The first-order valence-electron chi connectivity index (χ1n) is 5.26. The second-order valence-corrected chi connectivity index (χ2v) is 4.22. The Morgan fingerprint density at radius 3 is 2.59 bits per heavy atom. The monoisotopic (exact) mass is 248 g/mol. The third-order valence-corrected chi connectivity index (χ3v) is 2.99. The topological polar surface area (TPSA) is 35.0 Å². The number of ether oxygens (including phenoxy) is 1. The van der Waals surface area contributed by atoms with Gasteiger partial charge < -0.3 is 4.74 Å². The number of methoxy groups -OCH3 is 1. The lowest BCUT2D eigenvalue weighted by molar-refractivity contribution is 0.395. The second-order valence-electron chi connectivity index (χ2n) is 3.81. The molecule has 17 heavy (non-hydrogen) atoms. The summed E-state index contributed by atoms with van der Waals surface area (Å²) in [6, 6.07) is 5.82. The number of nitrogens with zero attached hydrogens (tertiary/aromatic N) is 2. The van der Waals surface area contributed by atoms with Crippen molar-refractivity contribution in [1.29, 1.82) is 0 Å². The Hall–Kier alpha value is -1.61. The molecule has 0 saturated carbocycles. The summed E-state index contributed by atoms with van der Waals surface area (Å²) >= 11 is 6.00. The van der Waals surface area contributed by atoms with Crippen LogP contribution in [0.1, 0.15) is 11.3 Å². The van der Waals surface area contributed by atoms with Crippen molar-refractivity contribution in [3.63, 3.8) is 0 Å². The van der Waals surface area contributed by atoms with Gasteiger partial charge in [0.2, 0.25) is 5.88 Å². The summed E-state index contributed by atoms with van der Waals surface area (Å²) in [5, 5.41) is 0.757. The highest BCUT2D eigenvalue weighted by molar-refractivity contribution is 6.31. The highest BCUT2D eigenvalue weighted by Crippen LogP contribution is 2.25. The van der Waals surface area contributed by atoms with Crippen molar-refractivity contribution in [3.05, 3.63) is 40.7 Å². The SMILES string of the molecule is COc1cnc(-c2ccc(Cl)c(C)c2)c(C)n1. The quantitative estimate of drug-likeness (QED) is 0.817. The first-order chi connectivity index (χ1) is 8.11. The normalized spacial score (nSPS) is 10.4. The molecule has 4 heteroatoms. The molecule has 0 fully saturated rings. The van der Waals surface area contributed by atoms with E-state index < -0.39 is 0 Å². The molecule has 0 atom stereocenters. The summed E-state index contributed by atoms with van der Waals surface area (Å²) in [5.41, 5.74) is 3.73. The summed E-state index contributed by atoms with van der Waals surface area (Å²) in [6.07, 6.45) is 1.62. The fraction of sp³-hybridized carbons (Fsp3) is 0.231. The van der Waals surface area contributed by atoms with Crippen molar-refractivity contribution >= 4 is 11.6 Å². The molecule has 88 valence electrons. The third kappa shape index (κ3) is 2.39. The Kier molecular flexibility index (Phi) is 3.29. The van der Waals surface area contributed by atoms with Crippen LogP contribution in [0.3, 0.4) is 0 Å². The lowest BCUT2D eigenvalue weighted by Gasteiger charge is -2.07. The molecule has 2 rings (SSSR count). The van der Waals surface area contributed by atoms with Crippen LogP contribution in [0.2, 0.25) is 5.02 Å². The zero-order valence-corrected chi connectivity index (χ0v) is 10.7. The van der Waals surface area contributed by atoms with Crippen LogP contribution in [0, 0.1) is 13.8 Å². The molecule has 1 aromatic heterocycles. The van der Waals surface area contributed by atoms with Crippen molar-refractivity contribution in [3.8, 4) is 17.1 Å². The van der Waals surface area contributed by atoms with E-state index in [9.17, 15) is 0 Å². The van der Waals surface area contributed by atoms with Crippen LogP contribution in [-0.4, -0.2) is 17.1 Å². The number of hydrogen-bond donors (Lipinski definition) is 0. The van der Waals surface area contributed by atoms with Crippen molar-refractivity contribution in [2.75, 3.05) is 7.11 Å². The maximum atomic E-state index is 6.00. The molecular formula is C13H13ClN2O. The van der Waals surface area contributed by atoms with Crippen molar-refractivity contribution in [2.24, 2.45) is 0 Å². The number of rotatable bonds is 2. The van der Waals surface area contributed by atoms with E-state index in [0.717, 1.165) is 27.5 Å². The Labute approximate surface area is 105 Å². The molecular weight excluding hydrogens is 236 g/mol. The predicted octanol–water partition coefficient (Wildman–Crippen LogP) is 3.42. The first-order valence-corrected chi connectivity index (χ1v) is 5.64. The van der Waals surface area contributed by atoms with E-state index in [1.807, 2.05) is 32.0 Å². The number of benzene rings is 1. The zero-order chi connectivity index (χ0) is 12.4. The van der Waals surface area contributed by atoms with Gasteiger partial charge in [0.05, 0.1) is 24.7 Å². The fourth-order valence-electron chi connectivity index (χ4n) is 1.63. The highest BCUT2D eigenvalue weighted by Gasteiger charge is 2.07. The lowest BCUT2D eigenvalue weighted by atomic mass is 10.1. The zero-order valence-electron chi connectivity index (χ0n) is 9.99. The van der Waals surface area contributed by atoms with Crippen molar-refractivity contribution in [1.82, 2.24) is 9.97 Å². The summed E-state index contributed by atoms with van der Waals surface area (Å²) in [4.78, 5) is 8.66. The lowest BCUT2D eigenvalue weighted by Crippen LogP contribution is -1.96. The van der Waals surface area contributed by atoms with Crippen LogP contribution < -0.4 is 4.74 Å². The van der Waals surface area contributed by atoms with Gasteiger partial charge in [-0.25, -0.2) is 9.97 Å². The summed E-state index contributed by atoms with van der Waals surface area (Å²) in [7, 11) is 1.58. The van der Waals surface area contributed by atoms with Crippen LogP contribution in [0.25, 0.3) is 11.3 Å². The predicted molar refractivity (Wildman–Crippen MR) is 68.5 cm³/mol. The van der Waals surface area contributed by atoms with Gasteiger partial charge in [-0.05, 0) is 31.5 Å². The largest absolute Gasteiger partial charge is 0.480 e. The van der Waals surface area contributed by atoms with Gasteiger partial charge in [-0.1, -0.05) is 17.7 Å². The summed E-state index contributed by atoms with van der Waals surface area (Å²) in [5.74, 6) is 0.525. The van der Waals surface area contributed by atoms with Gasteiger partial charge in [-0.15, -0.1) is 0 Å². The first kappa shape index (κ1) is 11.9. The minimum Gasteiger partial charge on any atom is -0.480 e. The maximum absolute atomic E-state index is 6.00. The van der Waals surface area contributed by atoms with E-state index in [4.69, 9.17) is 16.3 Å². The van der Waals surface area contributed by atoms with Crippen LogP contribution in [0.15, 0.2) is 24.4 Å². The number of halogens is 1. The molecule has 0 spiro atoms. The van der Waals surface area contributed by atoms with E-state index in [2.05, 4.69) is 9.97 Å².